The average molecular weight is 664 g/mol. The summed E-state index contributed by atoms with van der Waals surface area (Å²) in [4.78, 5) is 30.6. The van der Waals surface area contributed by atoms with Crippen LogP contribution in [-0.4, -0.2) is 30.7 Å². The van der Waals surface area contributed by atoms with Crippen molar-refractivity contribution in [3.63, 3.8) is 0 Å². The van der Waals surface area contributed by atoms with E-state index in [0.717, 1.165) is 82.0 Å². The van der Waals surface area contributed by atoms with Crippen LogP contribution in [0.5, 0.6) is 0 Å². The minimum absolute atomic E-state index is 0.350. The van der Waals surface area contributed by atoms with E-state index in [4.69, 9.17) is 8.83 Å². The third-order valence-corrected chi connectivity index (χ3v) is 9.80. The van der Waals surface area contributed by atoms with E-state index in [1.54, 1.807) is 0 Å². The first-order valence-corrected chi connectivity index (χ1v) is 17.3. The van der Waals surface area contributed by atoms with E-state index < -0.39 is 0 Å². The molecule has 7 nitrogen and oxygen atoms in total. The van der Waals surface area contributed by atoms with Crippen LogP contribution in [0.2, 0.25) is 0 Å². The quantitative estimate of drug-likeness (QED) is 0.136. The fourth-order valence-corrected chi connectivity index (χ4v) is 6.91. The summed E-state index contributed by atoms with van der Waals surface area (Å²) in [6.45, 7) is 12.0. The van der Waals surface area contributed by atoms with E-state index in [0.29, 0.717) is 22.3 Å². The van der Waals surface area contributed by atoms with Gasteiger partial charge >= 0.3 is 11.3 Å². The monoisotopic (exact) mass is 663 g/mol. The molecule has 0 amide bonds. The topological polar surface area (TPSA) is 71.8 Å². The molecule has 7 rings (SSSR count). The van der Waals surface area contributed by atoms with Gasteiger partial charge in [-0.1, -0.05) is 48.5 Å². The Morgan fingerprint density at radius 2 is 0.840 bits per heavy atom. The van der Waals surface area contributed by atoms with Crippen molar-refractivity contribution in [3.05, 3.63) is 130 Å². The number of hydrogen-bond acceptors (Lipinski definition) is 6. The van der Waals surface area contributed by atoms with Gasteiger partial charge in [0.25, 0.3) is 0 Å². The second-order valence-electron chi connectivity index (χ2n) is 12.5. The van der Waals surface area contributed by atoms with Crippen LogP contribution in [0.3, 0.4) is 0 Å². The molecule has 0 unspecified atom stereocenters. The molecule has 3 aromatic heterocycles. The zero-order chi connectivity index (χ0) is 34.9. The van der Waals surface area contributed by atoms with Crippen LogP contribution in [0.25, 0.3) is 66.7 Å². The molecule has 4 aromatic carbocycles. The van der Waals surface area contributed by atoms with Gasteiger partial charge in [-0.2, -0.15) is 0 Å². The molecule has 0 radical (unpaired) electrons. The lowest BCUT2D eigenvalue weighted by Gasteiger charge is -2.21. The highest BCUT2D eigenvalue weighted by molar-refractivity contribution is 5.86. The molecule has 0 saturated carbocycles. The van der Waals surface area contributed by atoms with Gasteiger partial charge in [0.2, 0.25) is 0 Å². The molecule has 0 aliphatic carbocycles. The Morgan fingerprint density at radius 1 is 0.480 bits per heavy atom. The molecule has 3 heterocycles. The van der Waals surface area contributed by atoms with Gasteiger partial charge in [-0.05, 0) is 98.5 Å². The predicted molar refractivity (Wildman–Crippen MR) is 206 cm³/mol. The van der Waals surface area contributed by atoms with E-state index in [1.165, 1.54) is 0 Å². The highest BCUT2D eigenvalue weighted by Crippen LogP contribution is 2.32. The third-order valence-electron chi connectivity index (χ3n) is 9.80. The summed E-state index contributed by atoms with van der Waals surface area (Å²) in [5.74, 6) is 0. The van der Waals surface area contributed by atoms with E-state index >= 15 is 0 Å². The van der Waals surface area contributed by atoms with Crippen LogP contribution in [-0.2, 0) is 7.05 Å². The maximum atomic E-state index is 13.1. The maximum absolute atomic E-state index is 13.1. The number of hydrogen-bond donors (Lipinski definition) is 0. The fourth-order valence-electron chi connectivity index (χ4n) is 6.91. The van der Waals surface area contributed by atoms with Crippen molar-refractivity contribution in [1.29, 1.82) is 0 Å². The average Bonchev–Trinajstić information content (AvgIpc) is 3.53. The van der Waals surface area contributed by atoms with E-state index in [-0.39, 0.29) is 11.3 Å². The molecule has 252 valence electrons. The van der Waals surface area contributed by atoms with Crippen molar-refractivity contribution in [1.82, 2.24) is 4.57 Å². The fraction of sp³-hybridized carbons (Fsp3) is 0.209. The molecular formula is C43H41N3O4. The molecule has 0 N–H and O–H groups in total. The SMILES string of the molecule is CCN(CC)c1ccc2cc(-c3ccc(-c4ccc(-c5ccc(-c6cc7ccc(N(CC)CC)cc7oc6=O)cc5)n4C)cc3)c(=O)oc2c1. The number of aromatic nitrogens is 1. The largest absolute Gasteiger partial charge is 0.422 e. The summed E-state index contributed by atoms with van der Waals surface area (Å²) in [6.07, 6.45) is 0. The van der Waals surface area contributed by atoms with Gasteiger partial charge in [0.1, 0.15) is 11.2 Å². The highest BCUT2D eigenvalue weighted by atomic mass is 16.4. The molecule has 0 spiro atoms. The number of benzene rings is 4. The Labute approximate surface area is 291 Å². The number of rotatable bonds is 10. The van der Waals surface area contributed by atoms with Gasteiger partial charge in [0.05, 0.1) is 11.1 Å². The van der Waals surface area contributed by atoms with E-state index in [9.17, 15) is 9.59 Å². The van der Waals surface area contributed by atoms with E-state index in [2.05, 4.69) is 66.3 Å². The molecule has 50 heavy (non-hydrogen) atoms. The van der Waals surface area contributed by atoms with Gasteiger partial charge in [0.15, 0.2) is 0 Å². The summed E-state index contributed by atoms with van der Waals surface area (Å²) in [7, 11) is 2.04. The molecule has 0 saturated heterocycles. The third kappa shape index (κ3) is 6.00. The normalized spacial score (nSPS) is 11.4. The zero-order valence-corrected chi connectivity index (χ0v) is 29.2. The molecule has 0 aliphatic rings. The highest BCUT2D eigenvalue weighted by Gasteiger charge is 2.14. The first-order valence-electron chi connectivity index (χ1n) is 17.3. The first-order chi connectivity index (χ1) is 24.3. The Balaban J connectivity index is 1.12. The molecule has 0 aliphatic heterocycles. The van der Waals surface area contributed by atoms with Gasteiger partial charge in [-0.15, -0.1) is 0 Å². The van der Waals surface area contributed by atoms with Crippen LogP contribution >= 0.6 is 0 Å². The molecule has 0 bridgehead atoms. The van der Waals surface area contributed by atoms with Crippen LogP contribution in [0.1, 0.15) is 27.7 Å². The summed E-state index contributed by atoms with van der Waals surface area (Å²) in [5, 5.41) is 1.78. The number of fused-ring (bicyclic) bond motifs is 2. The summed E-state index contributed by atoms with van der Waals surface area (Å²) in [5.41, 5.74) is 9.43. The van der Waals surface area contributed by atoms with Crippen molar-refractivity contribution in [2.75, 3.05) is 36.0 Å². The second kappa shape index (κ2) is 13.6. The number of nitrogens with zero attached hydrogens (tertiary/aromatic N) is 3. The van der Waals surface area contributed by atoms with Crippen LogP contribution < -0.4 is 21.1 Å². The van der Waals surface area contributed by atoms with Crippen molar-refractivity contribution in [2.24, 2.45) is 7.05 Å². The molecule has 0 fully saturated rings. The Morgan fingerprint density at radius 3 is 1.20 bits per heavy atom. The first kappa shape index (κ1) is 32.7. The Hall–Kier alpha value is -5.82. The van der Waals surface area contributed by atoms with Gasteiger partial charge in [-0.3, -0.25) is 0 Å². The minimum atomic E-state index is -0.350. The van der Waals surface area contributed by atoms with Crippen LogP contribution in [0.15, 0.2) is 128 Å². The summed E-state index contributed by atoms with van der Waals surface area (Å²) in [6, 6.07) is 36.1. The van der Waals surface area contributed by atoms with Crippen molar-refractivity contribution < 1.29 is 8.83 Å². The molecule has 0 atom stereocenters. The van der Waals surface area contributed by atoms with Gasteiger partial charge < -0.3 is 23.2 Å². The van der Waals surface area contributed by atoms with Crippen LogP contribution in [0.4, 0.5) is 11.4 Å². The molecular weight excluding hydrogens is 622 g/mol. The van der Waals surface area contributed by atoms with Crippen LogP contribution in [0, 0.1) is 0 Å². The molecule has 7 heteroatoms. The maximum Gasteiger partial charge on any atom is 0.344 e. The molecule has 7 aromatic rings. The minimum Gasteiger partial charge on any atom is -0.422 e. The zero-order valence-electron chi connectivity index (χ0n) is 29.2. The lowest BCUT2D eigenvalue weighted by Crippen LogP contribution is -2.21. The predicted octanol–water partition coefficient (Wildman–Crippen LogP) is 9.60. The number of anilines is 2. The Kier molecular flexibility index (Phi) is 8.89. The standard InChI is InChI=1S/C43H41N3O4/c1-6-45(7-2)34-20-18-32-24-36(42(47)49-40(32)26-34)28-10-14-30(15-11-28)38-22-23-39(44(38)5)31-16-12-29(13-17-31)37-25-33-19-21-35(46(8-3)9-4)27-41(33)50-43(37)48/h10-27H,6-9H2,1-5H3. The lowest BCUT2D eigenvalue weighted by molar-refractivity contribution is 0.563. The van der Waals surface area contributed by atoms with Crippen molar-refractivity contribution >= 4 is 33.3 Å². The second-order valence-corrected chi connectivity index (χ2v) is 12.5. The van der Waals surface area contributed by atoms with Gasteiger partial charge in [0, 0.05) is 78.9 Å². The van der Waals surface area contributed by atoms with Gasteiger partial charge in [-0.25, -0.2) is 9.59 Å². The van der Waals surface area contributed by atoms with Crippen molar-refractivity contribution in [2.45, 2.75) is 27.7 Å². The summed E-state index contributed by atoms with van der Waals surface area (Å²) >= 11 is 0. The Bertz CT molecular complexity index is 2260. The summed E-state index contributed by atoms with van der Waals surface area (Å²) < 4.78 is 13.7. The van der Waals surface area contributed by atoms with Crippen molar-refractivity contribution in [3.8, 4) is 44.8 Å². The smallest absolute Gasteiger partial charge is 0.344 e. The lowest BCUT2D eigenvalue weighted by atomic mass is 10.0. The van der Waals surface area contributed by atoms with E-state index in [1.807, 2.05) is 92.0 Å².